The lowest BCUT2D eigenvalue weighted by atomic mass is 10.0. The summed E-state index contributed by atoms with van der Waals surface area (Å²) in [5.41, 5.74) is 0. The number of esters is 1. The van der Waals surface area contributed by atoms with E-state index in [2.05, 4.69) is 62.5 Å². The Morgan fingerprint density at radius 1 is 0.408 bits per heavy atom. The van der Waals surface area contributed by atoms with Gasteiger partial charge in [0, 0.05) is 6.42 Å². The molecule has 1 amide bonds. The Kier molecular flexibility index (Phi) is 57.4. The number of carbonyl (C=O) groups is 2. The Balaban J connectivity index is 4.54. The Morgan fingerprint density at radius 2 is 0.718 bits per heavy atom. The van der Waals surface area contributed by atoms with Crippen molar-refractivity contribution in [3.05, 3.63) is 36.5 Å². The zero-order valence-electron chi connectivity index (χ0n) is 47.9. The summed E-state index contributed by atoms with van der Waals surface area (Å²) in [5, 5.41) is 24.0. The maximum atomic E-state index is 13.3. The minimum absolute atomic E-state index is 0.0676. The lowest BCUT2D eigenvalue weighted by molar-refractivity contribution is -0.151. The van der Waals surface area contributed by atoms with E-state index in [-0.39, 0.29) is 24.9 Å². The van der Waals surface area contributed by atoms with Crippen LogP contribution in [0.4, 0.5) is 0 Å². The van der Waals surface area contributed by atoms with E-state index in [0.717, 1.165) is 77.0 Å². The number of aliphatic hydroxyl groups excluding tert-OH is 2. The van der Waals surface area contributed by atoms with Crippen molar-refractivity contribution >= 4 is 11.9 Å². The molecule has 3 atom stereocenters. The van der Waals surface area contributed by atoms with E-state index >= 15 is 0 Å². The second-order valence-corrected chi connectivity index (χ2v) is 21.8. The first-order valence-electron chi connectivity index (χ1n) is 31.7. The van der Waals surface area contributed by atoms with Crippen molar-refractivity contribution in [3.8, 4) is 0 Å². The van der Waals surface area contributed by atoms with Crippen LogP contribution < -0.4 is 5.32 Å². The number of aliphatic hydroxyl groups is 2. The maximum absolute atomic E-state index is 13.3. The summed E-state index contributed by atoms with van der Waals surface area (Å²) in [6, 6.07) is -0.708. The van der Waals surface area contributed by atoms with Gasteiger partial charge in [-0.2, -0.15) is 0 Å². The van der Waals surface area contributed by atoms with Crippen LogP contribution in [0.2, 0.25) is 0 Å². The van der Waals surface area contributed by atoms with Gasteiger partial charge in [0.25, 0.3) is 0 Å². The van der Waals surface area contributed by atoms with Gasteiger partial charge in [0.05, 0.1) is 25.2 Å². The van der Waals surface area contributed by atoms with Gasteiger partial charge in [0.1, 0.15) is 6.10 Å². The molecule has 6 nitrogen and oxygen atoms in total. The van der Waals surface area contributed by atoms with Gasteiger partial charge in [-0.15, -0.1) is 0 Å². The van der Waals surface area contributed by atoms with Gasteiger partial charge >= 0.3 is 5.97 Å². The largest absolute Gasteiger partial charge is 0.462 e. The predicted molar refractivity (Wildman–Crippen MR) is 310 cm³/mol. The molecule has 0 saturated carbocycles. The fourth-order valence-corrected chi connectivity index (χ4v) is 9.91. The third-order valence-corrected chi connectivity index (χ3v) is 14.7. The molecule has 0 aliphatic rings. The van der Waals surface area contributed by atoms with Gasteiger partial charge in [0.15, 0.2) is 0 Å². The van der Waals surface area contributed by atoms with Crippen LogP contribution in [0.25, 0.3) is 0 Å². The van der Waals surface area contributed by atoms with Gasteiger partial charge in [-0.25, -0.2) is 0 Å². The number of amides is 1. The lowest BCUT2D eigenvalue weighted by Gasteiger charge is -2.24. The molecule has 0 radical (unpaired) electrons. The maximum Gasteiger partial charge on any atom is 0.306 e. The molecule has 0 aromatic heterocycles. The molecule has 71 heavy (non-hydrogen) atoms. The molecule has 6 heteroatoms. The monoisotopic (exact) mass is 998 g/mol. The molecule has 0 spiro atoms. The quantitative estimate of drug-likeness (QED) is 0.0321. The molecular formula is C65H123NO5. The standard InChI is InChI=1S/C65H123NO5/c1-4-7-10-13-16-19-22-25-28-31-34-37-40-43-46-49-52-55-58-65(70)71-61(56-53-50-47-44-41-38-35-32-29-26-23-20-17-14-11-8-5-2)59-64(69)66-62(60-67)63(68)57-54-51-48-45-42-39-36-33-30-27-24-21-18-15-12-9-6-3/h17,20,26,29,35,38,61-63,67-68H,4-16,18-19,21-25,27-28,30-34,36-37,39-60H2,1-3H3,(H,66,69)/b20-17-,29-26-,38-35-. The van der Waals surface area contributed by atoms with Crippen molar-refractivity contribution in [3.63, 3.8) is 0 Å². The molecule has 0 aromatic carbocycles. The van der Waals surface area contributed by atoms with Gasteiger partial charge in [0.2, 0.25) is 5.91 Å². The number of nitrogens with one attached hydrogen (secondary N) is 1. The van der Waals surface area contributed by atoms with Crippen LogP contribution in [0.15, 0.2) is 36.5 Å². The first-order valence-corrected chi connectivity index (χ1v) is 31.7. The van der Waals surface area contributed by atoms with Gasteiger partial charge in [-0.05, 0) is 64.2 Å². The van der Waals surface area contributed by atoms with Crippen molar-refractivity contribution in [2.24, 2.45) is 0 Å². The topological polar surface area (TPSA) is 95.9 Å². The average molecular weight is 999 g/mol. The van der Waals surface area contributed by atoms with Crippen molar-refractivity contribution in [2.75, 3.05) is 6.61 Å². The van der Waals surface area contributed by atoms with Crippen LogP contribution in [0.3, 0.4) is 0 Å². The highest BCUT2D eigenvalue weighted by molar-refractivity contribution is 5.77. The van der Waals surface area contributed by atoms with E-state index in [4.69, 9.17) is 4.74 Å². The zero-order chi connectivity index (χ0) is 51.6. The second-order valence-electron chi connectivity index (χ2n) is 21.8. The van der Waals surface area contributed by atoms with Crippen LogP contribution >= 0.6 is 0 Å². The first-order chi connectivity index (χ1) is 35.0. The molecular weight excluding hydrogens is 875 g/mol. The van der Waals surface area contributed by atoms with E-state index in [1.807, 2.05) is 0 Å². The molecule has 0 aromatic rings. The first kappa shape index (κ1) is 69.1. The minimum Gasteiger partial charge on any atom is -0.462 e. The number of allylic oxidation sites excluding steroid dienone is 6. The molecule has 0 aliphatic carbocycles. The predicted octanol–water partition coefficient (Wildman–Crippen LogP) is 20.0. The third-order valence-electron chi connectivity index (χ3n) is 14.7. The third kappa shape index (κ3) is 54.2. The molecule has 418 valence electrons. The number of hydrogen-bond acceptors (Lipinski definition) is 5. The summed E-state index contributed by atoms with van der Waals surface area (Å²) in [6.07, 6.45) is 72.2. The number of hydrogen-bond donors (Lipinski definition) is 3. The molecule has 0 aliphatic heterocycles. The summed E-state index contributed by atoms with van der Waals surface area (Å²) in [7, 11) is 0. The molecule has 0 bridgehead atoms. The number of rotatable bonds is 58. The van der Waals surface area contributed by atoms with Crippen LogP contribution in [0, 0.1) is 0 Å². The highest BCUT2D eigenvalue weighted by atomic mass is 16.5. The molecule has 3 unspecified atom stereocenters. The van der Waals surface area contributed by atoms with Gasteiger partial charge in [-0.3, -0.25) is 9.59 Å². The number of carbonyl (C=O) groups excluding carboxylic acids is 2. The zero-order valence-corrected chi connectivity index (χ0v) is 47.9. The second kappa shape index (κ2) is 59.0. The Hall–Kier alpha value is -1.92. The van der Waals surface area contributed by atoms with E-state index in [9.17, 15) is 19.8 Å². The van der Waals surface area contributed by atoms with E-state index < -0.39 is 18.2 Å². The Bertz CT molecular complexity index is 1170. The van der Waals surface area contributed by atoms with Crippen LogP contribution in [-0.2, 0) is 14.3 Å². The van der Waals surface area contributed by atoms with E-state index in [1.54, 1.807) is 0 Å². The van der Waals surface area contributed by atoms with E-state index in [0.29, 0.717) is 19.3 Å². The van der Waals surface area contributed by atoms with Crippen molar-refractivity contribution in [2.45, 2.75) is 360 Å². The molecule has 0 fully saturated rings. The lowest BCUT2D eigenvalue weighted by Crippen LogP contribution is -2.46. The Morgan fingerprint density at radius 3 is 1.11 bits per heavy atom. The van der Waals surface area contributed by atoms with Crippen LogP contribution in [0.1, 0.15) is 342 Å². The summed E-state index contributed by atoms with van der Waals surface area (Å²) in [5.74, 6) is -0.474. The van der Waals surface area contributed by atoms with Gasteiger partial charge < -0.3 is 20.3 Å². The Labute approximate surface area is 443 Å². The fourth-order valence-electron chi connectivity index (χ4n) is 9.91. The highest BCUT2D eigenvalue weighted by Crippen LogP contribution is 2.19. The summed E-state index contributed by atoms with van der Waals surface area (Å²) >= 11 is 0. The molecule has 3 N–H and O–H groups in total. The van der Waals surface area contributed by atoms with Crippen molar-refractivity contribution in [1.82, 2.24) is 5.32 Å². The minimum atomic E-state index is -0.793. The van der Waals surface area contributed by atoms with Crippen molar-refractivity contribution in [1.29, 1.82) is 0 Å². The molecule has 0 saturated heterocycles. The normalized spacial score (nSPS) is 13.3. The average Bonchev–Trinajstić information content (AvgIpc) is 3.36. The summed E-state index contributed by atoms with van der Waals surface area (Å²) < 4.78 is 5.98. The van der Waals surface area contributed by atoms with Crippen molar-refractivity contribution < 1.29 is 24.5 Å². The smallest absolute Gasteiger partial charge is 0.306 e. The van der Waals surface area contributed by atoms with Crippen LogP contribution in [0.5, 0.6) is 0 Å². The highest BCUT2D eigenvalue weighted by Gasteiger charge is 2.24. The summed E-state index contributed by atoms with van der Waals surface area (Å²) in [6.45, 7) is 6.51. The van der Waals surface area contributed by atoms with Gasteiger partial charge in [-0.1, -0.05) is 301 Å². The van der Waals surface area contributed by atoms with E-state index in [1.165, 1.54) is 218 Å². The number of ether oxygens (including phenoxy) is 1. The number of unbranched alkanes of at least 4 members (excludes halogenated alkanes) is 40. The van der Waals surface area contributed by atoms with Crippen LogP contribution in [-0.4, -0.2) is 46.9 Å². The molecule has 0 rings (SSSR count). The summed E-state index contributed by atoms with van der Waals surface area (Å²) in [4.78, 5) is 26.4. The SMILES string of the molecule is CCCCC/C=C\C/C=C\C/C=C\CCCCCCC(CC(=O)NC(CO)C(O)CCCCCCCCCCCCCCCCCCC)OC(=O)CCCCCCCCCCCCCCCCCCCC. The fraction of sp³-hybridized carbons (Fsp3) is 0.877. The molecule has 0 heterocycles.